The summed E-state index contributed by atoms with van der Waals surface area (Å²) in [5.74, 6) is 0. The first kappa shape index (κ1) is 8.78. The van der Waals surface area contributed by atoms with E-state index in [4.69, 9.17) is 5.73 Å². The van der Waals surface area contributed by atoms with Crippen LogP contribution in [0.3, 0.4) is 0 Å². The van der Waals surface area contributed by atoms with Crippen LogP contribution in [0, 0.1) is 0 Å². The average molecular weight is 239 g/mol. The zero-order valence-electron chi connectivity index (χ0n) is 7.18. The van der Waals surface area contributed by atoms with Crippen LogP contribution in [0.2, 0.25) is 0 Å². The molecule has 2 rings (SSSR count). The van der Waals surface area contributed by atoms with Gasteiger partial charge in [0.05, 0.1) is 5.52 Å². The van der Waals surface area contributed by atoms with Gasteiger partial charge in [0, 0.05) is 16.1 Å². The highest BCUT2D eigenvalue weighted by Gasteiger charge is 2.03. The molecular formula is C10H11BrN2. The molecule has 3 N–H and O–H groups in total. The first-order valence-corrected chi connectivity index (χ1v) is 5.07. The number of hydrogen-bond donors (Lipinski definition) is 2. The normalized spacial score (nSPS) is 10.9. The van der Waals surface area contributed by atoms with Crippen molar-refractivity contribution >= 4 is 26.8 Å². The fourth-order valence-corrected chi connectivity index (χ4v) is 2.02. The molecule has 68 valence electrons. The molecule has 0 saturated carbocycles. The lowest BCUT2D eigenvalue weighted by Gasteiger charge is -2.02. The SMILES string of the molecule is NCCc1ccc(Br)c2[nH]ccc12. The molecule has 3 heteroatoms. The predicted molar refractivity (Wildman–Crippen MR) is 58.8 cm³/mol. The molecule has 2 aromatic rings. The lowest BCUT2D eigenvalue weighted by Crippen LogP contribution is -2.02. The van der Waals surface area contributed by atoms with E-state index in [2.05, 4.69) is 39.1 Å². The third kappa shape index (κ3) is 1.49. The van der Waals surface area contributed by atoms with Gasteiger partial charge < -0.3 is 10.7 Å². The second-order valence-electron chi connectivity index (χ2n) is 3.01. The van der Waals surface area contributed by atoms with E-state index in [1.807, 2.05) is 6.20 Å². The number of halogens is 1. The molecule has 1 aromatic heterocycles. The molecule has 0 amide bonds. The van der Waals surface area contributed by atoms with E-state index < -0.39 is 0 Å². The number of H-pyrrole nitrogens is 1. The third-order valence-corrected chi connectivity index (χ3v) is 2.84. The third-order valence-electron chi connectivity index (χ3n) is 2.18. The molecular weight excluding hydrogens is 228 g/mol. The average Bonchev–Trinajstić information content (AvgIpc) is 2.59. The number of benzene rings is 1. The number of nitrogens with one attached hydrogen (secondary N) is 1. The van der Waals surface area contributed by atoms with Gasteiger partial charge in [-0.25, -0.2) is 0 Å². The highest BCUT2D eigenvalue weighted by atomic mass is 79.9. The zero-order valence-corrected chi connectivity index (χ0v) is 8.76. The van der Waals surface area contributed by atoms with E-state index in [-0.39, 0.29) is 0 Å². The maximum Gasteiger partial charge on any atom is 0.0601 e. The molecule has 0 aliphatic heterocycles. The Labute approximate surface area is 85.3 Å². The molecule has 0 bridgehead atoms. The van der Waals surface area contributed by atoms with Gasteiger partial charge in [-0.1, -0.05) is 6.07 Å². The lowest BCUT2D eigenvalue weighted by atomic mass is 10.1. The Hall–Kier alpha value is -0.800. The molecule has 0 radical (unpaired) electrons. The lowest BCUT2D eigenvalue weighted by molar-refractivity contribution is 0.977. The van der Waals surface area contributed by atoms with Gasteiger partial charge in [0.25, 0.3) is 0 Å². The van der Waals surface area contributed by atoms with Crippen molar-refractivity contribution in [3.8, 4) is 0 Å². The van der Waals surface area contributed by atoms with Gasteiger partial charge in [0.1, 0.15) is 0 Å². The van der Waals surface area contributed by atoms with Gasteiger partial charge >= 0.3 is 0 Å². The molecule has 0 unspecified atom stereocenters. The van der Waals surface area contributed by atoms with Crippen molar-refractivity contribution in [2.24, 2.45) is 5.73 Å². The predicted octanol–water partition coefficient (Wildman–Crippen LogP) is 2.43. The van der Waals surface area contributed by atoms with E-state index >= 15 is 0 Å². The van der Waals surface area contributed by atoms with Crippen molar-refractivity contribution in [2.75, 3.05) is 6.54 Å². The summed E-state index contributed by atoms with van der Waals surface area (Å²) in [4.78, 5) is 3.20. The van der Waals surface area contributed by atoms with Gasteiger partial charge in [-0.3, -0.25) is 0 Å². The Morgan fingerprint density at radius 3 is 2.92 bits per heavy atom. The molecule has 0 aliphatic carbocycles. The van der Waals surface area contributed by atoms with Crippen molar-refractivity contribution < 1.29 is 0 Å². The molecule has 0 spiro atoms. The summed E-state index contributed by atoms with van der Waals surface area (Å²) in [6.45, 7) is 0.696. The minimum Gasteiger partial charge on any atom is -0.360 e. The van der Waals surface area contributed by atoms with Crippen LogP contribution in [0.1, 0.15) is 5.56 Å². The standard InChI is InChI=1S/C10H11BrN2/c11-9-2-1-7(3-5-12)8-4-6-13-10(8)9/h1-2,4,6,13H,3,5,12H2. The quantitative estimate of drug-likeness (QED) is 0.830. The Morgan fingerprint density at radius 1 is 1.31 bits per heavy atom. The van der Waals surface area contributed by atoms with Crippen molar-refractivity contribution in [3.05, 3.63) is 34.4 Å². The molecule has 0 saturated heterocycles. The van der Waals surface area contributed by atoms with Gasteiger partial charge in [-0.15, -0.1) is 0 Å². The van der Waals surface area contributed by atoms with Crippen LogP contribution in [-0.2, 0) is 6.42 Å². The maximum absolute atomic E-state index is 5.54. The molecule has 13 heavy (non-hydrogen) atoms. The smallest absolute Gasteiger partial charge is 0.0601 e. The second-order valence-corrected chi connectivity index (χ2v) is 3.87. The Bertz CT molecular complexity index is 420. The number of fused-ring (bicyclic) bond motifs is 1. The monoisotopic (exact) mass is 238 g/mol. The number of aromatic nitrogens is 1. The topological polar surface area (TPSA) is 41.8 Å². The molecule has 0 fully saturated rings. The molecule has 2 nitrogen and oxygen atoms in total. The molecule has 1 aromatic carbocycles. The van der Waals surface area contributed by atoms with E-state index in [1.54, 1.807) is 0 Å². The summed E-state index contributed by atoms with van der Waals surface area (Å²) in [6.07, 6.45) is 2.89. The maximum atomic E-state index is 5.54. The van der Waals surface area contributed by atoms with Crippen LogP contribution in [0.15, 0.2) is 28.9 Å². The summed E-state index contributed by atoms with van der Waals surface area (Å²) in [5.41, 5.74) is 8.00. The second kappa shape index (κ2) is 3.52. The zero-order chi connectivity index (χ0) is 9.26. The van der Waals surface area contributed by atoms with Crippen molar-refractivity contribution in [3.63, 3.8) is 0 Å². The van der Waals surface area contributed by atoms with Crippen molar-refractivity contribution in [1.29, 1.82) is 0 Å². The van der Waals surface area contributed by atoms with E-state index in [0.29, 0.717) is 6.54 Å². The number of nitrogens with two attached hydrogens (primary N) is 1. The molecule has 0 aliphatic rings. The Morgan fingerprint density at radius 2 is 2.15 bits per heavy atom. The summed E-state index contributed by atoms with van der Waals surface area (Å²) in [5, 5.41) is 1.26. The van der Waals surface area contributed by atoms with Crippen LogP contribution < -0.4 is 5.73 Å². The minimum absolute atomic E-state index is 0.696. The van der Waals surface area contributed by atoms with Crippen LogP contribution in [-0.4, -0.2) is 11.5 Å². The van der Waals surface area contributed by atoms with Crippen LogP contribution >= 0.6 is 15.9 Å². The van der Waals surface area contributed by atoms with Gasteiger partial charge in [0.2, 0.25) is 0 Å². The first-order chi connectivity index (χ1) is 6.33. The number of aromatic amines is 1. The van der Waals surface area contributed by atoms with Crippen molar-refractivity contribution in [2.45, 2.75) is 6.42 Å². The highest BCUT2D eigenvalue weighted by molar-refractivity contribution is 9.10. The molecule has 0 atom stereocenters. The van der Waals surface area contributed by atoms with Crippen LogP contribution in [0.5, 0.6) is 0 Å². The van der Waals surface area contributed by atoms with E-state index in [9.17, 15) is 0 Å². The van der Waals surface area contributed by atoms with E-state index in [0.717, 1.165) is 16.4 Å². The molecule has 1 heterocycles. The number of rotatable bonds is 2. The van der Waals surface area contributed by atoms with Crippen LogP contribution in [0.25, 0.3) is 10.9 Å². The fourth-order valence-electron chi connectivity index (χ4n) is 1.55. The largest absolute Gasteiger partial charge is 0.360 e. The minimum atomic E-state index is 0.696. The number of hydrogen-bond acceptors (Lipinski definition) is 1. The Balaban J connectivity index is 2.64. The van der Waals surface area contributed by atoms with Gasteiger partial charge in [-0.2, -0.15) is 0 Å². The van der Waals surface area contributed by atoms with Gasteiger partial charge in [-0.05, 0) is 46.6 Å². The summed E-state index contributed by atoms with van der Waals surface area (Å²) in [6, 6.07) is 6.27. The Kier molecular flexibility index (Phi) is 2.38. The van der Waals surface area contributed by atoms with Crippen LogP contribution in [0.4, 0.5) is 0 Å². The first-order valence-electron chi connectivity index (χ1n) is 4.27. The summed E-state index contributed by atoms with van der Waals surface area (Å²) >= 11 is 3.50. The summed E-state index contributed by atoms with van der Waals surface area (Å²) in [7, 11) is 0. The van der Waals surface area contributed by atoms with Crippen molar-refractivity contribution in [1.82, 2.24) is 4.98 Å². The highest BCUT2D eigenvalue weighted by Crippen LogP contribution is 2.25. The fraction of sp³-hybridized carbons (Fsp3) is 0.200. The van der Waals surface area contributed by atoms with E-state index in [1.165, 1.54) is 10.9 Å². The summed E-state index contributed by atoms with van der Waals surface area (Å²) < 4.78 is 1.10. The van der Waals surface area contributed by atoms with Gasteiger partial charge in [0.15, 0.2) is 0 Å².